The normalized spacial score (nSPS) is 12.9. The Morgan fingerprint density at radius 3 is 2.07 bits per heavy atom. The molecule has 0 radical (unpaired) electrons. The highest BCUT2D eigenvalue weighted by Crippen LogP contribution is 2.03. The first-order valence-electron chi connectivity index (χ1n) is 5.45. The Kier molecular flexibility index (Phi) is 6.33. The summed E-state index contributed by atoms with van der Waals surface area (Å²) in [6.07, 6.45) is 0. The highest BCUT2D eigenvalue weighted by molar-refractivity contribution is 4.80. The van der Waals surface area contributed by atoms with E-state index in [2.05, 4.69) is 57.0 Å². The largest absolute Gasteiger partial charge is 0.311 e. The Hall–Kier alpha value is -0.120. The van der Waals surface area contributed by atoms with E-state index in [-0.39, 0.29) is 5.54 Å². The van der Waals surface area contributed by atoms with Gasteiger partial charge in [0.15, 0.2) is 0 Å². The zero-order valence-electron chi connectivity index (χ0n) is 10.7. The first-order valence-corrected chi connectivity index (χ1v) is 5.45. The average Bonchev–Trinajstić information content (AvgIpc) is 1.99. The van der Waals surface area contributed by atoms with E-state index in [1.165, 1.54) is 0 Å². The van der Waals surface area contributed by atoms with Gasteiger partial charge in [-0.25, -0.2) is 0 Å². The molecule has 0 amide bonds. The van der Waals surface area contributed by atoms with Gasteiger partial charge >= 0.3 is 0 Å². The monoisotopic (exact) mass is 201 g/mol. The Labute approximate surface area is 89.5 Å². The summed E-state index contributed by atoms with van der Waals surface area (Å²) in [6, 6.07) is 0. The van der Waals surface area contributed by atoms with E-state index < -0.39 is 0 Å². The van der Waals surface area contributed by atoms with Crippen molar-refractivity contribution in [2.24, 2.45) is 0 Å². The van der Waals surface area contributed by atoms with Crippen LogP contribution >= 0.6 is 0 Å². The molecule has 0 rings (SSSR count). The van der Waals surface area contributed by atoms with E-state index in [4.69, 9.17) is 0 Å². The molecule has 0 unspecified atom stereocenters. The minimum absolute atomic E-state index is 0.218. The van der Waals surface area contributed by atoms with Gasteiger partial charge in [0, 0.05) is 25.2 Å². The van der Waals surface area contributed by atoms with Crippen LogP contribution in [0.25, 0.3) is 0 Å². The molecule has 0 saturated heterocycles. The number of rotatable bonds is 7. The van der Waals surface area contributed by atoms with Gasteiger partial charge in [-0.15, -0.1) is 0 Å². The summed E-state index contributed by atoms with van der Waals surface area (Å²) in [7, 11) is 6.41. The van der Waals surface area contributed by atoms with Crippen LogP contribution in [0.2, 0.25) is 0 Å². The van der Waals surface area contributed by atoms with Gasteiger partial charge in [-0.2, -0.15) is 0 Å². The zero-order chi connectivity index (χ0) is 11.2. The second-order valence-corrected chi connectivity index (χ2v) is 4.96. The lowest BCUT2D eigenvalue weighted by atomic mass is 10.1. The molecule has 0 aliphatic carbocycles. The highest BCUT2D eigenvalue weighted by atomic mass is 15.2. The van der Waals surface area contributed by atoms with E-state index in [0.717, 1.165) is 26.2 Å². The van der Waals surface area contributed by atoms with Crippen LogP contribution in [0.3, 0.4) is 0 Å². The summed E-state index contributed by atoms with van der Waals surface area (Å²) in [5.74, 6) is 0. The lowest BCUT2D eigenvalue weighted by Crippen LogP contribution is -2.49. The molecule has 0 aromatic rings. The Bertz CT molecular complexity index is 143. The molecule has 0 heterocycles. The minimum atomic E-state index is 0.218. The molecular weight excluding hydrogens is 174 g/mol. The second kappa shape index (κ2) is 6.38. The van der Waals surface area contributed by atoms with Crippen molar-refractivity contribution in [3.8, 4) is 0 Å². The quantitative estimate of drug-likeness (QED) is 0.659. The van der Waals surface area contributed by atoms with Gasteiger partial charge in [0.05, 0.1) is 0 Å². The van der Waals surface area contributed by atoms with Gasteiger partial charge in [-0.1, -0.05) is 6.92 Å². The van der Waals surface area contributed by atoms with Crippen molar-refractivity contribution in [2.45, 2.75) is 26.3 Å². The summed E-state index contributed by atoms with van der Waals surface area (Å²) in [4.78, 5) is 4.60. The van der Waals surface area contributed by atoms with Gasteiger partial charge in [0.1, 0.15) is 0 Å². The van der Waals surface area contributed by atoms with Crippen molar-refractivity contribution in [3.05, 3.63) is 0 Å². The summed E-state index contributed by atoms with van der Waals surface area (Å²) in [5.41, 5.74) is 0.218. The molecule has 1 N–H and O–H groups in total. The average molecular weight is 201 g/mol. The molecule has 0 atom stereocenters. The standard InChI is InChI=1S/C11H27N3/c1-7-12-11(2,3)10-14(6)9-8-13(4)5/h12H,7-10H2,1-6H3. The lowest BCUT2D eigenvalue weighted by Gasteiger charge is -2.31. The fourth-order valence-electron chi connectivity index (χ4n) is 1.66. The Balaban J connectivity index is 3.74. The number of nitrogens with one attached hydrogen (secondary N) is 1. The predicted octanol–water partition coefficient (Wildman–Crippen LogP) is 0.868. The van der Waals surface area contributed by atoms with E-state index in [9.17, 15) is 0 Å². The smallest absolute Gasteiger partial charge is 0.0251 e. The first kappa shape index (κ1) is 13.9. The molecule has 0 spiro atoms. The van der Waals surface area contributed by atoms with E-state index in [1.54, 1.807) is 0 Å². The second-order valence-electron chi connectivity index (χ2n) is 4.96. The zero-order valence-corrected chi connectivity index (χ0v) is 10.7. The summed E-state index contributed by atoms with van der Waals surface area (Å²) >= 11 is 0. The maximum Gasteiger partial charge on any atom is 0.0251 e. The fraction of sp³-hybridized carbons (Fsp3) is 1.00. The molecule has 0 saturated carbocycles. The number of nitrogens with zero attached hydrogens (tertiary/aromatic N) is 2. The van der Waals surface area contributed by atoms with Crippen molar-refractivity contribution >= 4 is 0 Å². The van der Waals surface area contributed by atoms with E-state index >= 15 is 0 Å². The molecule has 0 fully saturated rings. The van der Waals surface area contributed by atoms with Gasteiger partial charge < -0.3 is 15.1 Å². The molecule has 0 aromatic heterocycles. The van der Waals surface area contributed by atoms with E-state index in [1.807, 2.05) is 0 Å². The molecule has 3 nitrogen and oxygen atoms in total. The van der Waals surface area contributed by atoms with Crippen LogP contribution < -0.4 is 5.32 Å². The van der Waals surface area contributed by atoms with Crippen LogP contribution in [-0.2, 0) is 0 Å². The predicted molar refractivity (Wildman–Crippen MR) is 63.8 cm³/mol. The lowest BCUT2D eigenvalue weighted by molar-refractivity contribution is 0.218. The van der Waals surface area contributed by atoms with Crippen LogP contribution in [0.4, 0.5) is 0 Å². The van der Waals surface area contributed by atoms with Crippen LogP contribution in [-0.4, -0.2) is 62.7 Å². The van der Waals surface area contributed by atoms with Crippen molar-refractivity contribution in [2.75, 3.05) is 47.3 Å². The molecule has 0 aliphatic rings. The van der Waals surface area contributed by atoms with Crippen molar-refractivity contribution in [1.29, 1.82) is 0 Å². The summed E-state index contributed by atoms with van der Waals surface area (Å²) in [6.45, 7) is 11.0. The van der Waals surface area contributed by atoms with Gasteiger partial charge in [0.25, 0.3) is 0 Å². The maximum atomic E-state index is 3.49. The highest BCUT2D eigenvalue weighted by Gasteiger charge is 2.17. The van der Waals surface area contributed by atoms with Gasteiger partial charge in [-0.3, -0.25) is 0 Å². The maximum absolute atomic E-state index is 3.49. The van der Waals surface area contributed by atoms with Crippen LogP contribution in [0, 0.1) is 0 Å². The molecule has 0 aromatic carbocycles. The van der Waals surface area contributed by atoms with Crippen molar-refractivity contribution in [3.63, 3.8) is 0 Å². The van der Waals surface area contributed by atoms with Gasteiger partial charge in [-0.05, 0) is 41.5 Å². The van der Waals surface area contributed by atoms with Gasteiger partial charge in [0.2, 0.25) is 0 Å². The number of hydrogen-bond acceptors (Lipinski definition) is 3. The van der Waals surface area contributed by atoms with Crippen LogP contribution in [0.1, 0.15) is 20.8 Å². The van der Waals surface area contributed by atoms with Crippen LogP contribution in [0.5, 0.6) is 0 Å². The molecule has 0 bridgehead atoms. The number of likely N-dealkylation sites (N-methyl/N-ethyl adjacent to an activating group) is 3. The minimum Gasteiger partial charge on any atom is -0.311 e. The van der Waals surface area contributed by atoms with E-state index in [0.29, 0.717) is 0 Å². The van der Waals surface area contributed by atoms with Crippen LogP contribution in [0.15, 0.2) is 0 Å². The molecule has 3 heteroatoms. The molecule has 86 valence electrons. The summed E-state index contributed by atoms with van der Waals surface area (Å²) in [5, 5.41) is 3.49. The third kappa shape index (κ3) is 7.30. The van der Waals surface area contributed by atoms with Crippen molar-refractivity contribution < 1.29 is 0 Å². The molecular formula is C11H27N3. The third-order valence-corrected chi connectivity index (χ3v) is 2.25. The SMILES string of the molecule is CCNC(C)(C)CN(C)CCN(C)C. The summed E-state index contributed by atoms with van der Waals surface area (Å²) < 4.78 is 0. The Morgan fingerprint density at radius 2 is 1.64 bits per heavy atom. The fourth-order valence-corrected chi connectivity index (χ4v) is 1.66. The molecule has 14 heavy (non-hydrogen) atoms. The first-order chi connectivity index (χ1) is 6.37. The van der Waals surface area contributed by atoms with Crippen molar-refractivity contribution in [1.82, 2.24) is 15.1 Å². The topological polar surface area (TPSA) is 18.5 Å². The molecule has 0 aliphatic heterocycles. The Morgan fingerprint density at radius 1 is 1.07 bits per heavy atom. The third-order valence-electron chi connectivity index (χ3n) is 2.25. The number of hydrogen-bond donors (Lipinski definition) is 1.